The third-order valence-electron chi connectivity index (χ3n) is 4.68. The van der Waals surface area contributed by atoms with Crippen molar-refractivity contribution in [1.29, 1.82) is 0 Å². The fourth-order valence-electron chi connectivity index (χ4n) is 3.80. The normalized spacial score (nSPS) is 28.2. The SMILES string of the molecule is CCCNC1CC2CCC(C1)N2c1cc(F)c(F)c(F)c1. The van der Waals surface area contributed by atoms with Gasteiger partial charge in [-0.15, -0.1) is 0 Å². The first-order valence-corrected chi connectivity index (χ1v) is 7.76. The summed E-state index contributed by atoms with van der Waals surface area (Å²) in [6.45, 7) is 3.14. The molecule has 2 atom stereocenters. The second-order valence-corrected chi connectivity index (χ2v) is 6.14. The third kappa shape index (κ3) is 2.76. The number of fused-ring (bicyclic) bond motifs is 2. The molecule has 2 bridgehead atoms. The van der Waals surface area contributed by atoms with Crippen LogP contribution >= 0.6 is 0 Å². The molecule has 2 saturated heterocycles. The molecule has 2 aliphatic heterocycles. The van der Waals surface area contributed by atoms with E-state index in [9.17, 15) is 13.2 Å². The quantitative estimate of drug-likeness (QED) is 0.854. The topological polar surface area (TPSA) is 15.3 Å². The molecule has 0 radical (unpaired) electrons. The second-order valence-electron chi connectivity index (χ2n) is 6.14. The second kappa shape index (κ2) is 5.87. The molecule has 0 aliphatic carbocycles. The minimum atomic E-state index is -1.38. The Bertz CT molecular complexity index is 483. The van der Waals surface area contributed by atoms with E-state index in [-0.39, 0.29) is 0 Å². The van der Waals surface area contributed by atoms with E-state index in [0.29, 0.717) is 23.8 Å². The summed E-state index contributed by atoms with van der Waals surface area (Å²) in [4.78, 5) is 2.09. The van der Waals surface area contributed by atoms with Crippen LogP contribution in [0.25, 0.3) is 0 Å². The van der Waals surface area contributed by atoms with Crippen LogP contribution in [0.5, 0.6) is 0 Å². The lowest BCUT2D eigenvalue weighted by atomic mass is 9.96. The molecule has 2 unspecified atom stereocenters. The maximum atomic E-state index is 13.5. The molecule has 21 heavy (non-hydrogen) atoms. The monoisotopic (exact) mass is 298 g/mol. The summed E-state index contributed by atoms with van der Waals surface area (Å²) in [6, 6.07) is 3.33. The molecule has 0 spiro atoms. The predicted molar refractivity (Wildman–Crippen MR) is 76.9 cm³/mol. The first-order chi connectivity index (χ1) is 10.1. The number of rotatable bonds is 4. The maximum absolute atomic E-state index is 13.5. The zero-order valence-corrected chi connectivity index (χ0v) is 12.2. The Balaban J connectivity index is 1.79. The van der Waals surface area contributed by atoms with Crippen molar-refractivity contribution in [3.8, 4) is 0 Å². The number of piperidine rings is 1. The van der Waals surface area contributed by atoms with E-state index in [2.05, 4.69) is 17.1 Å². The molecular formula is C16H21F3N2. The first-order valence-electron chi connectivity index (χ1n) is 7.76. The van der Waals surface area contributed by atoms with Crippen molar-refractivity contribution >= 4 is 5.69 Å². The van der Waals surface area contributed by atoms with Crippen molar-refractivity contribution < 1.29 is 13.2 Å². The average Bonchev–Trinajstić information content (AvgIpc) is 2.73. The van der Waals surface area contributed by atoms with Crippen molar-refractivity contribution in [2.24, 2.45) is 0 Å². The number of nitrogens with one attached hydrogen (secondary N) is 1. The predicted octanol–water partition coefficient (Wildman–Crippen LogP) is 3.60. The molecule has 116 valence electrons. The molecule has 5 heteroatoms. The number of hydrogen-bond acceptors (Lipinski definition) is 2. The molecule has 0 saturated carbocycles. The zero-order valence-electron chi connectivity index (χ0n) is 12.2. The van der Waals surface area contributed by atoms with Gasteiger partial charge in [0.1, 0.15) is 0 Å². The van der Waals surface area contributed by atoms with Gasteiger partial charge in [-0.2, -0.15) is 0 Å². The largest absolute Gasteiger partial charge is 0.365 e. The van der Waals surface area contributed by atoms with Crippen LogP contribution in [-0.4, -0.2) is 24.7 Å². The van der Waals surface area contributed by atoms with Crippen LogP contribution in [0.2, 0.25) is 0 Å². The lowest BCUT2D eigenvalue weighted by molar-refractivity contribution is 0.355. The molecule has 3 rings (SSSR count). The van der Waals surface area contributed by atoms with Gasteiger partial charge in [0, 0.05) is 35.9 Å². The van der Waals surface area contributed by atoms with Gasteiger partial charge in [0.15, 0.2) is 17.5 Å². The summed E-state index contributed by atoms with van der Waals surface area (Å²) in [5, 5.41) is 3.54. The van der Waals surface area contributed by atoms with Gasteiger partial charge in [-0.3, -0.25) is 0 Å². The molecule has 0 aromatic heterocycles. The zero-order chi connectivity index (χ0) is 15.0. The van der Waals surface area contributed by atoms with Crippen molar-refractivity contribution in [3.63, 3.8) is 0 Å². The van der Waals surface area contributed by atoms with Gasteiger partial charge in [-0.05, 0) is 38.6 Å². The van der Waals surface area contributed by atoms with Crippen molar-refractivity contribution in [2.45, 2.75) is 57.2 Å². The van der Waals surface area contributed by atoms with Crippen LogP contribution in [0.3, 0.4) is 0 Å². The highest BCUT2D eigenvalue weighted by Gasteiger charge is 2.40. The van der Waals surface area contributed by atoms with Crippen LogP contribution in [0, 0.1) is 17.5 Å². The highest BCUT2D eigenvalue weighted by atomic mass is 19.2. The van der Waals surface area contributed by atoms with Crippen LogP contribution < -0.4 is 10.2 Å². The van der Waals surface area contributed by atoms with Gasteiger partial charge in [0.05, 0.1) is 0 Å². The van der Waals surface area contributed by atoms with E-state index < -0.39 is 17.5 Å². The van der Waals surface area contributed by atoms with Crippen LogP contribution in [0.1, 0.15) is 39.0 Å². The van der Waals surface area contributed by atoms with Gasteiger partial charge < -0.3 is 10.2 Å². The van der Waals surface area contributed by atoms with Crippen molar-refractivity contribution in [3.05, 3.63) is 29.6 Å². The number of hydrogen-bond donors (Lipinski definition) is 1. The van der Waals surface area contributed by atoms with Crippen molar-refractivity contribution in [1.82, 2.24) is 5.32 Å². The smallest absolute Gasteiger partial charge is 0.194 e. The molecular weight excluding hydrogens is 277 g/mol. The minimum Gasteiger partial charge on any atom is -0.365 e. The van der Waals surface area contributed by atoms with E-state index in [1.807, 2.05) is 0 Å². The van der Waals surface area contributed by atoms with Gasteiger partial charge in [-0.25, -0.2) is 13.2 Å². The van der Waals surface area contributed by atoms with E-state index in [0.717, 1.165) is 50.8 Å². The molecule has 1 aromatic rings. The molecule has 2 nitrogen and oxygen atoms in total. The summed E-state index contributed by atoms with van der Waals surface area (Å²) >= 11 is 0. The van der Waals surface area contributed by atoms with E-state index in [1.54, 1.807) is 0 Å². The minimum absolute atomic E-state index is 0.294. The Morgan fingerprint density at radius 3 is 2.19 bits per heavy atom. The van der Waals surface area contributed by atoms with Crippen LogP contribution in [0.15, 0.2) is 12.1 Å². The fraction of sp³-hybridized carbons (Fsp3) is 0.625. The molecule has 0 amide bonds. The van der Waals surface area contributed by atoms with Gasteiger partial charge in [0.25, 0.3) is 0 Å². The van der Waals surface area contributed by atoms with Crippen LogP contribution in [0.4, 0.5) is 18.9 Å². The number of benzene rings is 1. The van der Waals surface area contributed by atoms with Gasteiger partial charge in [0.2, 0.25) is 0 Å². The lowest BCUT2D eigenvalue weighted by Crippen LogP contribution is -2.49. The van der Waals surface area contributed by atoms with Crippen molar-refractivity contribution in [2.75, 3.05) is 11.4 Å². The number of anilines is 1. The maximum Gasteiger partial charge on any atom is 0.194 e. The third-order valence-corrected chi connectivity index (χ3v) is 4.68. The highest BCUT2D eigenvalue weighted by molar-refractivity contribution is 5.51. The molecule has 1 N–H and O–H groups in total. The van der Waals surface area contributed by atoms with Gasteiger partial charge in [-0.1, -0.05) is 6.92 Å². The first kappa shape index (κ1) is 14.7. The molecule has 2 fully saturated rings. The summed E-state index contributed by atoms with van der Waals surface area (Å²) in [7, 11) is 0. The van der Waals surface area contributed by atoms with Gasteiger partial charge >= 0.3 is 0 Å². The summed E-state index contributed by atoms with van der Waals surface area (Å²) in [5.41, 5.74) is 0.479. The van der Waals surface area contributed by atoms with E-state index in [1.165, 1.54) is 0 Å². The van der Waals surface area contributed by atoms with Crippen LogP contribution in [-0.2, 0) is 0 Å². The Kier molecular flexibility index (Phi) is 4.11. The summed E-state index contributed by atoms with van der Waals surface area (Å²) in [6.07, 6.45) is 5.14. The Hall–Kier alpha value is -1.23. The highest BCUT2D eigenvalue weighted by Crippen LogP contribution is 2.40. The lowest BCUT2D eigenvalue weighted by Gasteiger charge is -2.41. The Morgan fingerprint density at radius 1 is 1.10 bits per heavy atom. The molecule has 2 heterocycles. The van der Waals surface area contributed by atoms with E-state index >= 15 is 0 Å². The molecule has 2 aliphatic rings. The number of nitrogens with zero attached hydrogens (tertiary/aromatic N) is 1. The van der Waals surface area contributed by atoms with E-state index in [4.69, 9.17) is 0 Å². The standard InChI is InChI=1S/C16H21F3N2/c1-2-5-20-10-6-11-3-4-12(7-10)21(11)13-8-14(17)16(19)15(18)9-13/h8-12,20H,2-7H2,1H3. The number of halogens is 3. The molecule has 1 aromatic carbocycles. The Morgan fingerprint density at radius 2 is 1.67 bits per heavy atom. The summed E-state index contributed by atoms with van der Waals surface area (Å²) in [5.74, 6) is -3.59. The Labute approximate surface area is 123 Å². The average molecular weight is 298 g/mol. The fourth-order valence-corrected chi connectivity index (χ4v) is 3.80. The summed E-state index contributed by atoms with van der Waals surface area (Å²) < 4.78 is 40.0.